The molecule has 0 aliphatic heterocycles. The molecule has 0 spiro atoms. The molecular weight excluding hydrogens is 256 g/mol. The largest absolute Gasteiger partial charge is 0.494 e. The second-order valence-electron chi connectivity index (χ2n) is 4.97. The fourth-order valence-corrected chi connectivity index (χ4v) is 2.36. The summed E-state index contributed by atoms with van der Waals surface area (Å²) in [5, 5.41) is 8.84. The maximum Gasteiger partial charge on any atom is 0.303 e. The Labute approximate surface area is 118 Å². The summed E-state index contributed by atoms with van der Waals surface area (Å²) in [4.78, 5) is 15.3. The second kappa shape index (κ2) is 5.94. The second-order valence-corrected chi connectivity index (χ2v) is 4.97. The lowest BCUT2D eigenvalue weighted by molar-refractivity contribution is -0.137. The number of fused-ring (bicyclic) bond motifs is 1. The van der Waals surface area contributed by atoms with E-state index >= 15 is 0 Å². The third-order valence-electron chi connectivity index (χ3n) is 3.12. The Morgan fingerprint density at radius 1 is 1.45 bits per heavy atom. The van der Waals surface area contributed by atoms with Crippen molar-refractivity contribution < 1.29 is 14.6 Å². The van der Waals surface area contributed by atoms with E-state index in [1.807, 2.05) is 25.1 Å². The van der Waals surface area contributed by atoms with Gasteiger partial charge in [-0.05, 0) is 32.9 Å². The van der Waals surface area contributed by atoms with Gasteiger partial charge in [-0.1, -0.05) is 0 Å². The number of benzene rings is 1. The molecule has 0 aliphatic carbocycles. The van der Waals surface area contributed by atoms with Gasteiger partial charge in [0.25, 0.3) is 0 Å². The van der Waals surface area contributed by atoms with E-state index in [1.165, 1.54) is 0 Å². The number of ether oxygens (including phenoxy) is 1. The van der Waals surface area contributed by atoms with Crippen molar-refractivity contribution in [1.82, 2.24) is 9.55 Å². The zero-order valence-electron chi connectivity index (χ0n) is 12.1. The van der Waals surface area contributed by atoms with Crippen molar-refractivity contribution in [2.45, 2.75) is 39.7 Å². The fourth-order valence-electron chi connectivity index (χ4n) is 2.36. The average Bonchev–Trinajstić information content (AvgIpc) is 2.74. The Balaban J connectivity index is 2.44. The molecule has 1 aromatic carbocycles. The summed E-state index contributed by atoms with van der Waals surface area (Å²) in [6.45, 7) is 6.70. The molecule has 0 atom stereocenters. The van der Waals surface area contributed by atoms with Crippen molar-refractivity contribution in [3.8, 4) is 5.75 Å². The summed E-state index contributed by atoms with van der Waals surface area (Å²) in [5.74, 6) is 0.798. The molecule has 0 fully saturated rings. The SMILES string of the molecule is CCOc1ccc2c(c1)nc(CCC(=O)O)n2C(C)C. The molecule has 0 amide bonds. The van der Waals surface area contributed by atoms with Crippen molar-refractivity contribution >= 4 is 17.0 Å². The Kier molecular flexibility index (Phi) is 4.27. The lowest BCUT2D eigenvalue weighted by Gasteiger charge is -2.12. The van der Waals surface area contributed by atoms with Crippen LogP contribution < -0.4 is 4.74 Å². The molecule has 2 aromatic rings. The molecule has 1 N–H and O–H groups in total. The molecule has 20 heavy (non-hydrogen) atoms. The van der Waals surface area contributed by atoms with Crippen LogP contribution in [-0.4, -0.2) is 27.2 Å². The molecule has 0 unspecified atom stereocenters. The summed E-state index contributed by atoms with van der Waals surface area (Å²) in [6.07, 6.45) is 0.528. The third-order valence-corrected chi connectivity index (χ3v) is 3.12. The highest BCUT2D eigenvalue weighted by Crippen LogP contribution is 2.25. The van der Waals surface area contributed by atoms with E-state index in [9.17, 15) is 4.79 Å². The van der Waals surface area contributed by atoms with E-state index in [-0.39, 0.29) is 12.5 Å². The van der Waals surface area contributed by atoms with Crippen molar-refractivity contribution in [2.24, 2.45) is 0 Å². The maximum atomic E-state index is 10.8. The Hall–Kier alpha value is -2.04. The van der Waals surface area contributed by atoms with Crippen LogP contribution in [0.4, 0.5) is 0 Å². The first-order chi connectivity index (χ1) is 9.52. The van der Waals surface area contributed by atoms with Crippen molar-refractivity contribution in [2.75, 3.05) is 6.61 Å². The predicted octanol–water partition coefficient (Wildman–Crippen LogP) is 3.03. The minimum absolute atomic E-state index is 0.0916. The standard InChI is InChI=1S/C15H20N2O3/c1-4-20-11-5-6-13-12(9-11)16-14(7-8-15(18)19)17(13)10(2)3/h5-6,9-10H,4,7-8H2,1-3H3,(H,18,19). The van der Waals surface area contributed by atoms with Gasteiger partial charge < -0.3 is 14.4 Å². The predicted molar refractivity (Wildman–Crippen MR) is 77.2 cm³/mol. The highest BCUT2D eigenvalue weighted by atomic mass is 16.5. The Morgan fingerprint density at radius 3 is 2.80 bits per heavy atom. The van der Waals surface area contributed by atoms with Crippen LogP contribution in [0.3, 0.4) is 0 Å². The van der Waals surface area contributed by atoms with Gasteiger partial charge in [0.1, 0.15) is 11.6 Å². The van der Waals surface area contributed by atoms with E-state index in [2.05, 4.69) is 23.4 Å². The molecule has 108 valence electrons. The van der Waals surface area contributed by atoms with Crippen molar-refractivity contribution in [3.63, 3.8) is 0 Å². The summed E-state index contributed by atoms with van der Waals surface area (Å²) >= 11 is 0. The number of aromatic nitrogens is 2. The van der Waals surface area contributed by atoms with Crippen LogP contribution >= 0.6 is 0 Å². The van der Waals surface area contributed by atoms with E-state index < -0.39 is 5.97 Å². The normalized spacial score (nSPS) is 11.2. The molecule has 0 aliphatic rings. The van der Waals surface area contributed by atoms with Crippen LogP contribution in [0.5, 0.6) is 5.75 Å². The Bertz CT molecular complexity index is 617. The first-order valence-corrected chi connectivity index (χ1v) is 6.88. The van der Waals surface area contributed by atoms with Crippen LogP contribution in [0.25, 0.3) is 11.0 Å². The molecule has 2 rings (SSSR count). The maximum absolute atomic E-state index is 10.8. The lowest BCUT2D eigenvalue weighted by Crippen LogP contribution is -2.08. The molecule has 0 saturated heterocycles. The van der Waals surface area contributed by atoms with Crippen LogP contribution in [0, 0.1) is 0 Å². The number of carboxylic acid groups (broad SMARTS) is 1. The molecule has 5 nitrogen and oxygen atoms in total. The first-order valence-electron chi connectivity index (χ1n) is 6.88. The van der Waals surface area contributed by atoms with Gasteiger partial charge in [-0.15, -0.1) is 0 Å². The highest BCUT2D eigenvalue weighted by molar-refractivity contribution is 5.78. The van der Waals surface area contributed by atoms with Crippen molar-refractivity contribution in [3.05, 3.63) is 24.0 Å². The fraction of sp³-hybridized carbons (Fsp3) is 0.467. The number of hydrogen-bond donors (Lipinski definition) is 1. The molecule has 0 saturated carbocycles. The van der Waals surface area contributed by atoms with Gasteiger partial charge in [-0.2, -0.15) is 0 Å². The lowest BCUT2D eigenvalue weighted by atomic mass is 10.2. The van der Waals surface area contributed by atoms with Gasteiger partial charge >= 0.3 is 5.97 Å². The number of aliphatic carboxylic acids is 1. The molecule has 1 heterocycles. The van der Waals surface area contributed by atoms with E-state index in [1.54, 1.807) is 0 Å². The minimum Gasteiger partial charge on any atom is -0.494 e. The summed E-state index contributed by atoms with van der Waals surface area (Å²) in [6, 6.07) is 6.05. The van der Waals surface area contributed by atoms with Gasteiger partial charge in [0.15, 0.2) is 0 Å². The number of imidazole rings is 1. The number of nitrogens with zero attached hydrogens (tertiary/aromatic N) is 2. The number of aryl methyl sites for hydroxylation is 1. The molecule has 5 heteroatoms. The van der Waals surface area contributed by atoms with Crippen LogP contribution in [0.1, 0.15) is 39.1 Å². The first kappa shape index (κ1) is 14.4. The van der Waals surface area contributed by atoms with E-state index in [0.29, 0.717) is 13.0 Å². The number of hydrogen-bond acceptors (Lipinski definition) is 3. The summed E-state index contributed by atoms with van der Waals surface area (Å²) in [7, 11) is 0. The van der Waals surface area contributed by atoms with Gasteiger partial charge in [0.2, 0.25) is 0 Å². The zero-order valence-corrected chi connectivity index (χ0v) is 12.1. The van der Waals surface area contributed by atoms with Gasteiger partial charge in [0, 0.05) is 18.5 Å². The zero-order chi connectivity index (χ0) is 14.7. The van der Waals surface area contributed by atoms with Gasteiger partial charge in [-0.3, -0.25) is 4.79 Å². The summed E-state index contributed by atoms with van der Waals surface area (Å²) in [5.41, 5.74) is 1.87. The van der Waals surface area contributed by atoms with Crippen LogP contribution in [-0.2, 0) is 11.2 Å². The van der Waals surface area contributed by atoms with Gasteiger partial charge in [-0.25, -0.2) is 4.98 Å². The molecule has 0 bridgehead atoms. The molecule has 0 radical (unpaired) electrons. The van der Waals surface area contributed by atoms with Crippen LogP contribution in [0.2, 0.25) is 0 Å². The molecular formula is C15H20N2O3. The van der Waals surface area contributed by atoms with Gasteiger partial charge in [0.05, 0.1) is 24.1 Å². The van der Waals surface area contributed by atoms with Crippen molar-refractivity contribution in [1.29, 1.82) is 0 Å². The van der Waals surface area contributed by atoms with E-state index in [0.717, 1.165) is 22.6 Å². The average molecular weight is 276 g/mol. The number of carboxylic acids is 1. The van der Waals surface area contributed by atoms with E-state index in [4.69, 9.17) is 9.84 Å². The third kappa shape index (κ3) is 2.92. The highest BCUT2D eigenvalue weighted by Gasteiger charge is 2.14. The quantitative estimate of drug-likeness (QED) is 0.880. The molecule has 1 aromatic heterocycles. The monoisotopic (exact) mass is 276 g/mol. The Morgan fingerprint density at radius 2 is 2.20 bits per heavy atom. The van der Waals surface area contributed by atoms with Crippen LogP contribution in [0.15, 0.2) is 18.2 Å². The topological polar surface area (TPSA) is 64.3 Å². The summed E-state index contributed by atoms with van der Waals surface area (Å²) < 4.78 is 7.57. The number of rotatable bonds is 6. The smallest absolute Gasteiger partial charge is 0.303 e. The minimum atomic E-state index is -0.803. The number of carbonyl (C=O) groups is 1.